The van der Waals surface area contributed by atoms with Gasteiger partial charge in [-0.15, -0.1) is 0 Å². The molecule has 2 aromatic rings. The third-order valence-electron chi connectivity index (χ3n) is 3.09. The van der Waals surface area contributed by atoms with E-state index < -0.39 is 0 Å². The number of hydrogen-bond donors (Lipinski definition) is 0. The topological polar surface area (TPSA) is 26.3 Å². The number of carbonyl (C=O) groups excluding carboxylic acids is 1. The van der Waals surface area contributed by atoms with E-state index in [1.165, 1.54) is 0 Å². The van der Waals surface area contributed by atoms with Gasteiger partial charge in [0.05, 0.1) is 7.11 Å². The Balaban J connectivity index is 2.18. The van der Waals surface area contributed by atoms with Crippen LogP contribution in [0.2, 0.25) is 5.02 Å². The van der Waals surface area contributed by atoms with Crippen molar-refractivity contribution in [2.75, 3.05) is 7.11 Å². The van der Waals surface area contributed by atoms with Gasteiger partial charge < -0.3 is 4.74 Å². The van der Waals surface area contributed by atoms with E-state index in [0.29, 0.717) is 17.0 Å². The zero-order chi connectivity index (χ0) is 13.8. The Morgan fingerprint density at radius 2 is 1.84 bits per heavy atom. The van der Waals surface area contributed by atoms with Gasteiger partial charge in [-0.2, -0.15) is 0 Å². The van der Waals surface area contributed by atoms with Crippen LogP contribution in [0, 0.1) is 6.92 Å². The van der Waals surface area contributed by atoms with Crippen LogP contribution < -0.4 is 4.74 Å². The summed E-state index contributed by atoms with van der Waals surface area (Å²) in [5.74, 6) is 0.861. The highest BCUT2D eigenvalue weighted by Gasteiger charge is 2.11. The Hall–Kier alpha value is -1.80. The zero-order valence-corrected chi connectivity index (χ0v) is 11.7. The largest absolute Gasteiger partial charge is 0.497 e. The maximum atomic E-state index is 12.3. The van der Waals surface area contributed by atoms with E-state index in [-0.39, 0.29) is 5.78 Å². The molecular formula is C16H15ClO2. The Labute approximate surface area is 118 Å². The average Bonchev–Trinajstić information content (AvgIpc) is 2.42. The Morgan fingerprint density at radius 3 is 2.47 bits per heavy atom. The molecule has 98 valence electrons. The van der Waals surface area contributed by atoms with Crippen molar-refractivity contribution in [2.45, 2.75) is 13.3 Å². The van der Waals surface area contributed by atoms with Crippen molar-refractivity contribution in [3.8, 4) is 5.75 Å². The van der Waals surface area contributed by atoms with Crippen molar-refractivity contribution < 1.29 is 9.53 Å². The summed E-state index contributed by atoms with van der Waals surface area (Å²) in [5, 5.41) is 0.626. The number of rotatable bonds is 4. The third kappa shape index (κ3) is 3.15. The van der Waals surface area contributed by atoms with Gasteiger partial charge >= 0.3 is 0 Å². The molecule has 0 saturated carbocycles. The lowest BCUT2D eigenvalue weighted by Crippen LogP contribution is -2.05. The van der Waals surface area contributed by atoms with E-state index in [1.54, 1.807) is 19.2 Å². The lowest BCUT2D eigenvalue weighted by Gasteiger charge is -2.07. The van der Waals surface area contributed by atoms with Gasteiger partial charge in [0.1, 0.15) is 5.75 Å². The van der Waals surface area contributed by atoms with E-state index in [4.69, 9.17) is 16.3 Å². The predicted octanol–water partition coefficient (Wildman–Crippen LogP) is 4.08. The highest BCUT2D eigenvalue weighted by molar-refractivity contribution is 6.31. The maximum Gasteiger partial charge on any atom is 0.167 e. The summed E-state index contributed by atoms with van der Waals surface area (Å²) in [5.41, 5.74) is 2.48. The standard InChI is InChI=1S/C16H15ClO2/c1-11-14(4-3-5-15(11)17)16(18)10-12-6-8-13(19-2)9-7-12/h3-9H,10H2,1-2H3. The fourth-order valence-electron chi connectivity index (χ4n) is 1.93. The summed E-state index contributed by atoms with van der Waals surface area (Å²) in [6.07, 6.45) is 0.366. The van der Waals surface area contributed by atoms with Gasteiger partial charge in [0.2, 0.25) is 0 Å². The lowest BCUT2D eigenvalue weighted by atomic mass is 9.99. The van der Waals surface area contributed by atoms with Crippen LogP contribution in [0.3, 0.4) is 0 Å². The van der Waals surface area contributed by atoms with E-state index in [2.05, 4.69) is 0 Å². The molecule has 0 atom stereocenters. The van der Waals surface area contributed by atoms with Crippen molar-refractivity contribution in [2.24, 2.45) is 0 Å². The molecule has 19 heavy (non-hydrogen) atoms. The molecule has 0 fully saturated rings. The van der Waals surface area contributed by atoms with Gasteiger partial charge in [-0.1, -0.05) is 35.9 Å². The zero-order valence-electron chi connectivity index (χ0n) is 10.9. The Kier molecular flexibility index (Phi) is 4.23. The Morgan fingerprint density at radius 1 is 1.16 bits per heavy atom. The first-order valence-corrected chi connectivity index (χ1v) is 6.41. The first kappa shape index (κ1) is 13.6. The molecule has 0 saturated heterocycles. The summed E-state index contributed by atoms with van der Waals surface area (Å²) >= 11 is 6.03. The molecular weight excluding hydrogens is 260 g/mol. The minimum absolute atomic E-state index is 0.0742. The molecule has 2 aromatic carbocycles. The fourth-order valence-corrected chi connectivity index (χ4v) is 2.11. The molecule has 2 rings (SSSR count). The monoisotopic (exact) mass is 274 g/mol. The number of hydrogen-bond acceptors (Lipinski definition) is 2. The number of halogens is 1. The first-order valence-electron chi connectivity index (χ1n) is 6.03. The summed E-state index contributed by atoms with van der Waals surface area (Å²) in [6, 6.07) is 12.9. The highest BCUT2D eigenvalue weighted by atomic mass is 35.5. The summed E-state index contributed by atoms with van der Waals surface area (Å²) in [7, 11) is 1.62. The van der Waals surface area contributed by atoms with Gasteiger partial charge in [0, 0.05) is 17.0 Å². The van der Waals surface area contributed by atoms with E-state index in [1.807, 2.05) is 37.3 Å². The summed E-state index contributed by atoms with van der Waals surface area (Å²) in [6.45, 7) is 1.86. The smallest absolute Gasteiger partial charge is 0.167 e. The van der Waals surface area contributed by atoms with Crippen molar-refractivity contribution in [1.82, 2.24) is 0 Å². The average molecular weight is 275 g/mol. The molecule has 0 unspecified atom stereocenters. The number of ether oxygens (including phenoxy) is 1. The van der Waals surface area contributed by atoms with Crippen LogP contribution in [-0.4, -0.2) is 12.9 Å². The summed E-state index contributed by atoms with van der Waals surface area (Å²) < 4.78 is 5.09. The maximum absolute atomic E-state index is 12.3. The number of Topliss-reactive ketones (excluding diaryl/α,β-unsaturated/α-hetero) is 1. The molecule has 2 nitrogen and oxygen atoms in total. The van der Waals surface area contributed by atoms with Crippen LogP contribution in [0.1, 0.15) is 21.5 Å². The molecule has 3 heteroatoms. The molecule has 0 radical (unpaired) electrons. The summed E-state index contributed by atoms with van der Waals surface area (Å²) in [4.78, 5) is 12.3. The molecule has 0 spiro atoms. The second kappa shape index (κ2) is 5.89. The van der Waals surface area contributed by atoms with Crippen molar-refractivity contribution >= 4 is 17.4 Å². The molecule has 0 aliphatic carbocycles. The SMILES string of the molecule is COc1ccc(CC(=O)c2cccc(Cl)c2C)cc1. The van der Waals surface area contributed by atoms with Crippen LogP contribution in [0.15, 0.2) is 42.5 Å². The van der Waals surface area contributed by atoms with Gasteiger partial charge in [-0.05, 0) is 36.2 Å². The van der Waals surface area contributed by atoms with Gasteiger partial charge in [-0.25, -0.2) is 0 Å². The molecule has 0 aromatic heterocycles. The van der Waals surface area contributed by atoms with Crippen LogP contribution in [0.4, 0.5) is 0 Å². The molecule has 0 bridgehead atoms. The van der Waals surface area contributed by atoms with Crippen LogP contribution in [0.5, 0.6) is 5.75 Å². The molecule has 0 amide bonds. The van der Waals surface area contributed by atoms with Crippen molar-refractivity contribution in [3.05, 3.63) is 64.2 Å². The van der Waals surface area contributed by atoms with E-state index in [0.717, 1.165) is 16.9 Å². The Bertz CT molecular complexity index is 588. The molecule has 0 heterocycles. The molecule has 0 aliphatic heterocycles. The van der Waals surface area contributed by atoms with Crippen molar-refractivity contribution in [3.63, 3.8) is 0 Å². The normalized spacial score (nSPS) is 10.3. The first-order chi connectivity index (χ1) is 9.11. The number of carbonyl (C=O) groups is 1. The quantitative estimate of drug-likeness (QED) is 0.785. The second-order valence-electron chi connectivity index (χ2n) is 4.36. The second-order valence-corrected chi connectivity index (χ2v) is 4.77. The number of methoxy groups -OCH3 is 1. The van der Waals surface area contributed by atoms with Crippen LogP contribution in [0.25, 0.3) is 0 Å². The van der Waals surface area contributed by atoms with Crippen molar-refractivity contribution in [1.29, 1.82) is 0 Å². The third-order valence-corrected chi connectivity index (χ3v) is 3.50. The molecule has 0 aliphatic rings. The minimum atomic E-state index is 0.0742. The number of benzene rings is 2. The predicted molar refractivity (Wildman–Crippen MR) is 77.2 cm³/mol. The van der Waals surface area contributed by atoms with Gasteiger partial charge in [0.15, 0.2) is 5.78 Å². The lowest BCUT2D eigenvalue weighted by molar-refractivity contribution is 0.0992. The highest BCUT2D eigenvalue weighted by Crippen LogP contribution is 2.21. The van der Waals surface area contributed by atoms with Crippen LogP contribution in [-0.2, 0) is 6.42 Å². The van der Waals surface area contributed by atoms with E-state index in [9.17, 15) is 4.79 Å². The van der Waals surface area contributed by atoms with E-state index >= 15 is 0 Å². The molecule has 0 N–H and O–H groups in total. The van der Waals surface area contributed by atoms with Crippen LogP contribution >= 0.6 is 11.6 Å². The minimum Gasteiger partial charge on any atom is -0.497 e. The van der Waals surface area contributed by atoms with Gasteiger partial charge in [0.25, 0.3) is 0 Å². The number of ketones is 1. The fraction of sp³-hybridized carbons (Fsp3) is 0.188. The van der Waals surface area contributed by atoms with Gasteiger partial charge in [-0.3, -0.25) is 4.79 Å².